The van der Waals surface area contributed by atoms with Gasteiger partial charge in [-0.3, -0.25) is 0 Å². The lowest BCUT2D eigenvalue weighted by atomic mass is 10.3. The Bertz CT molecular complexity index is 753. The second-order valence-corrected chi connectivity index (χ2v) is 7.25. The minimum atomic E-state index is 0.374. The van der Waals surface area contributed by atoms with Gasteiger partial charge in [0, 0.05) is 22.1 Å². The topological polar surface area (TPSA) is 30.7 Å². The molecule has 3 nitrogen and oxygen atoms in total. The zero-order valence-corrected chi connectivity index (χ0v) is 14.2. The fourth-order valence-corrected chi connectivity index (χ4v) is 3.68. The highest BCUT2D eigenvalue weighted by molar-refractivity contribution is 9.10. The van der Waals surface area contributed by atoms with Crippen LogP contribution in [0.5, 0.6) is 0 Å². The van der Waals surface area contributed by atoms with E-state index in [9.17, 15) is 0 Å². The lowest BCUT2D eigenvalue weighted by Gasteiger charge is -2.05. The number of fused-ring (bicyclic) bond motifs is 1. The molecule has 3 aromatic heterocycles. The number of hydrogen-bond donors (Lipinski definition) is 0. The number of rotatable bonds is 4. The van der Waals surface area contributed by atoms with Crippen molar-refractivity contribution in [1.82, 2.24) is 14.5 Å². The summed E-state index contributed by atoms with van der Waals surface area (Å²) in [5, 5.41) is 0. The molecule has 0 aliphatic carbocycles. The zero-order valence-electron chi connectivity index (χ0n) is 10.3. The number of imidazole rings is 1. The molecule has 0 amide bonds. The van der Waals surface area contributed by atoms with Gasteiger partial charge < -0.3 is 4.57 Å². The van der Waals surface area contributed by atoms with Crippen molar-refractivity contribution in [2.45, 2.75) is 18.8 Å². The minimum Gasteiger partial charge on any atom is -0.311 e. The highest BCUT2D eigenvalue weighted by atomic mass is 79.9. The van der Waals surface area contributed by atoms with E-state index in [0.29, 0.717) is 5.88 Å². The van der Waals surface area contributed by atoms with Crippen LogP contribution in [0.1, 0.15) is 10.7 Å². The van der Waals surface area contributed by atoms with Gasteiger partial charge in [0.15, 0.2) is 5.65 Å². The first kappa shape index (κ1) is 14.3. The van der Waals surface area contributed by atoms with Gasteiger partial charge in [0.05, 0.1) is 10.2 Å². The summed E-state index contributed by atoms with van der Waals surface area (Å²) in [5.74, 6) is 1.22. The first-order chi connectivity index (χ1) is 9.67. The Morgan fingerprint density at radius 3 is 2.90 bits per heavy atom. The lowest BCUT2D eigenvalue weighted by molar-refractivity contribution is 0.687. The summed E-state index contributed by atoms with van der Waals surface area (Å²) in [6.45, 7) is 0.796. The van der Waals surface area contributed by atoms with E-state index in [-0.39, 0.29) is 0 Å². The third kappa shape index (κ3) is 2.86. The maximum absolute atomic E-state index is 5.99. The summed E-state index contributed by atoms with van der Waals surface area (Å²) in [6, 6.07) is 5.93. The van der Waals surface area contributed by atoms with Crippen LogP contribution in [0.25, 0.3) is 11.2 Å². The Balaban J connectivity index is 1.93. The average molecular weight is 391 g/mol. The van der Waals surface area contributed by atoms with Gasteiger partial charge >= 0.3 is 0 Å². The molecular weight excluding hydrogens is 381 g/mol. The van der Waals surface area contributed by atoms with Crippen LogP contribution in [0.4, 0.5) is 0 Å². The molecular formula is C13H10BrCl2N3S. The number of halogens is 3. The van der Waals surface area contributed by atoms with Crippen LogP contribution in [-0.4, -0.2) is 14.5 Å². The van der Waals surface area contributed by atoms with Gasteiger partial charge in [-0.15, -0.1) is 22.9 Å². The standard InChI is InChI=1S/C13H10BrCl2N3S/c14-8-5-10-13(17-7-8)19(12(6-15)18-10)4-3-9-1-2-11(16)20-9/h1-2,5,7H,3-4,6H2. The Labute approximate surface area is 138 Å². The fraction of sp³-hybridized carbons (Fsp3) is 0.231. The molecule has 0 aromatic carbocycles. The zero-order chi connectivity index (χ0) is 14.1. The molecule has 0 spiro atoms. The SMILES string of the molecule is ClCc1nc2cc(Br)cnc2n1CCc1ccc(Cl)s1. The van der Waals surface area contributed by atoms with Crippen LogP contribution in [0.2, 0.25) is 4.34 Å². The fourth-order valence-electron chi connectivity index (χ4n) is 2.08. The monoisotopic (exact) mass is 389 g/mol. The van der Waals surface area contributed by atoms with Crippen LogP contribution in [0, 0.1) is 0 Å². The molecule has 0 unspecified atom stereocenters. The van der Waals surface area contributed by atoms with Gasteiger partial charge in [0.2, 0.25) is 0 Å². The van der Waals surface area contributed by atoms with E-state index in [1.165, 1.54) is 4.88 Å². The van der Waals surface area contributed by atoms with E-state index in [2.05, 4.69) is 36.5 Å². The summed E-state index contributed by atoms with van der Waals surface area (Å²) >= 11 is 17.0. The second-order valence-electron chi connectivity index (χ2n) is 4.27. The van der Waals surface area contributed by atoms with E-state index in [4.69, 9.17) is 23.2 Å². The molecule has 0 saturated heterocycles. The lowest BCUT2D eigenvalue weighted by Crippen LogP contribution is -2.05. The number of aromatic nitrogens is 3. The van der Waals surface area contributed by atoms with Gasteiger partial charge in [0.1, 0.15) is 11.3 Å². The minimum absolute atomic E-state index is 0.374. The number of nitrogens with zero attached hydrogens (tertiary/aromatic N) is 3. The summed E-state index contributed by atoms with van der Waals surface area (Å²) in [4.78, 5) is 10.2. The Morgan fingerprint density at radius 2 is 2.20 bits per heavy atom. The predicted molar refractivity (Wildman–Crippen MR) is 87.8 cm³/mol. The van der Waals surface area contributed by atoms with Crippen molar-refractivity contribution in [3.63, 3.8) is 0 Å². The summed E-state index contributed by atoms with van der Waals surface area (Å²) in [5.41, 5.74) is 1.73. The maximum atomic E-state index is 5.99. The molecule has 0 fully saturated rings. The van der Waals surface area contributed by atoms with Crippen molar-refractivity contribution in [1.29, 1.82) is 0 Å². The van der Waals surface area contributed by atoms with Crippen LogP contribution < -0.4 is 0 Å². The number of thiophene rings is 1. The van der Waals surface area contributed by atoms with E-state index < -0.39 is 0 Å². The predicted octanol–water partition coefficient (Wildman–Crippen LogP) is 4.89. The largest absolute Gasteiger partial charge is 0.311 e. The van der Waals surface area contributed by atoms with Crippen molar-refractivity contribution in [3.8, 4) is 0 Å². The third-order valence-electron chi connectivity index (χ3n) is 2.96. The van der Waals surface area contributed by atoms with Gasteiger partial charge in [-0.25, -0.2) is 9.97 Å². The van der Waals surface area contributed by atoms with Crippen molar-refractivity contribution >= 4 is 61.6 Å². The highest BCUT2D eigenvalue weighted by Crippen LogP contribution is 2.24. The van der Waals surface area contributed by atoms with E-state index in [1.807, 2.05) is 12.1 Å². The van der Waals surface area contributed by atoms with E-state index >= 15 is 0 Å². The van der Waals surface area contributed by atoms with Gasteiger partial charge in [0.25, 0.3) is 0 Å². The quantitative estimate of drug-likeness (QED) is 0.593. The highest BCUT2D eigenvalue weighted by Gasteiger charge is 2.12. The normalized spacial score (nSPS) is 11.3. The molecule has 0 atom stereocenters. The number of hydrogen-bond acceptors (Lipinski definition) is 3. The van der Waals surface area contributed by atoms with Crippen molar-refractivity contribution in [2.24, 2.45) is 0 Å². The van der Waals surface area contributed by atoms with Crippen LogP contribution in [-0.2, 0) is 18.8 Å². The second kappa shape index (κ2) is 6.02. The van der Waals surface area contributed by atoms with Crippen LogP contribution in [0.15, 0.2) is 28.9 Å². The number of pyridine rings is 1. The Kier molecular flexibility index (Phi) is 4.31. The van der Waals surface area contributed by atoms with Crippen molar-refractivity contribution in [3.05, 3.63) is 43.9 Å². The molecule has 0 aliphatic heterocycles. The molecule has 3 heterocycles. The number of alkyl halides is 1. The Morgan fingerprint density at radius 1 is 1.35 bits per heavy atom. The Hall–Kier alpha value is -0.620. The summed E-state index contributed by atoms with van der Waals surface area (Å²) in [7, 11) is 0. The van der Waals surface area contributed by atoms with Crippen molar-refractivity contribution in [2.75, 3.05) is 0 Å². The molecule has 0 radical (unpaired) electrons. The third-order valence-corrected chi connectivity index (χ3v) is 4.92. The molecule has 0 aliphatic rings. The molecule has 3 aromatic rings. The van der Waals surface area contributed by atoms with Gasteiger partial charge in [-0.05, 0) is 40.5 Å². The molecule has 0 saturated carbocycles. The number of aryl methyl sites for hydroxylation is 2. The summed E-state index contributed by atoms with van der Waals surface area (Å²) < 4.78 is 3.80. The molecule has 3 rings (SSSR count). The van der Waals surface area contributed by atoms with Crippen molar-refractivity contribution < 1.29 is 0 Å². The van der Waals surface area contributed by atoms with E-state index in [1.54, 1.807) is 17.5 Å². The first-order valence-corrected chi connectivity index (χ1v) is 8.50. The molecule has 0 N–H and O–H groups in total. The average Bonchev–Trinajstić information content (AvgIpc) is 2.99. The molecule has 0 bridgehead atoms. The molecule has 104 valence electrons. The molecule has 7 heteroatoms. The smallest absolute Gasteiger partial charge is 0.160 e. The van der Waals surface area contributed by atoms with E-state index in [0.717, 1.165) is 38.8 Å². The van der Waals surface area contributed by atoms with Gasteiger partial charge in [-0.2, -0.15) is 0 Å². The van der Waals surface area contributed by atoms with Crippen LogP contribution in [0.3, 0.4) is 0 Å². The maximum Gasteiger partial charge on any atom is 0.160 e. The molecule has 20 heavy (non-hydrogen) atoms. The van der Waals surface area contributed by atoms with Gasteiger partial charge in [-0.1, -0.05) is 11.6 Å². The first-order valence-electron chi connectivity index (χ1n) is 5.98. The van der Waals surface area contributed by atoms with Crippen LogP contribution >= 0.6 is 50.5 Å². The summed E-state index contributed by atoms with van der Waals surface area (Å²) in [6.07, 6.45) is 2.67.